The maximum absolute atomic E-state index is 13.0. The van der Waals surface area contributed by atoms with Gasteiger partial charge in [0.05, 0.1) is 11.8 Å². The van der Waals surface area contributed by atoms with Crippen LogP contribution in [0.15, 0.2) is 10.7 Å². The average Bonchev–Trinajstić information content (AvgIpc) is 2.63. The summed E-state index contributed by atoms with van der Waals surface area (Å²) in [4.78, 5) is 3.57. The number of nitrogens with zero attached hydrogens (tertiary/aromatic N) is 1. The van der Waals surface area contributed by atoms with Crippen LogP contribution in [0.25, 0.3) is 0 Å². The van der Waals surface area contributed by atoms with Gasteiger partial charge in [-0.2, -0.15) is 4.39 Å². The van der Waals surface area contributed by atoms with E-state index in [0.717, 1.165) is 12.8 Å². The number of hydrogen-bond acceptors (Lipinski definition) is 3. The second kappa shape index (κ2) is 3.82. The molecule has 3 nitrogen and oxygen atoms in total. The van der Waals surface area contributed by atoms with Crippen molar-refractivity contribution in [3.63, 3.8) is 0 Å². The van der Waals surface area contributed by atoms with Crippen LogP contribution in [0.1, 0.15) is 24.5 Å². The van der Waals surface area contributed by atoms with E-state index in [1.165, 1.54) is 6.07 Å². The van der Waals surface area contributed by atoms with Gasteiger partial charge in [0.2, 0.25) is 5.95 Å². The quantitative estimate of drug-likeness (QED) is 0.790. The SMILES string of the molecule is Nc1c([C@H]2CCCO2)cc(F)nc1Br. The number of nitrogens with two attached hydrogens (primary N) is 1. The van der Waals surface area contributed by atoms with Gasteiger partial charge in [-0.15, -0.1) is 0 Å². The van der Waals surface area contributed by atoms with Gasteiger partial charge in [0.25, 0.3) is 0 Å². The highest BCUT2D eigenvalue weighted by molar-refractivity contribution is 9.10. The Morgan fingerprint density at radius 3 is 3.07 bits per heavy atom. The Balaban J connectivity index is 2.40. The second-order valence-corrected chi connectivity index (χ2v) is 3.99. The van der Waals surface area contributed by atoms with Gasteiger partial charge in [-0.3, -0.25) is 0 Å². The highest BCUT2D eigenvalue weighted by Gasteiger charge is 2.22. The lowest BCUT2D eigenvalue weighted by Crippen LogP contribution is -2.04. The maximum Gasteiger partial charge on any atom is 0.214 e. The molecule has 2 heterocycles. The zero-order chi connectivity index (χ0) is 10.1. The molecule has 0 radical (unpaired) electrons. The molecule has 1 fully saturated rings. The third-order valence-electron chi connectivity index (χ3n) is 2.29. The van der Waals surface area contributed by atoms with Crippen molar-refractivity contribution >= 4 is 21.6 Å². The summed E-state index contributed by atoms with van der Waals surface area (Å²) in [5.41, 5.74) is 6.94. The molecule has 0 aliphatic carbocycles. The molecule has 0 unspecified atom stereocenters. The molecule has 1 aromatic heterocycles. The molecule has 1 aromatic rings. The van der Waals surface area contributed by atoms with Crippen molar-refractivity contribution in [1.29, 1.82) is 0 Å². The summed E-state index contributed by atoms with van der Waals surface area (Å²) in [5, 5.41) is 0. The van der Waals surface area contributed by atoms with E-state index in [9.17, 15) is 4.39 Å². The van der Waals surface area contributed by atoms with Gasteiger partial charge in [-0.25, -0.2) is 4.98 Å². The Hall–Kier alpha value is -0.680. The molecule has 2 rings (SSSR count). The first kappa shape index (κ1) is 9.86. The lowest BCUT2D eigenvalue weighted by Gasteiger charge is -2.13. The molecule has 2 N–H and O–H groups in total. The number of rotatable bonds is 1. The zero-order valence-electron chi connectivity index (χ0n) is 7.46. The number of nitrogen functional groups attached to an aromatic ring is 1. The second-order valence-electron chi connectivity index (χ2n) is 3.24. The predicted molar refractivity (Wildman–Crippen MR) is 54.2 cm³/mol. The van der Waals surface area contributed by atoms with Gasteiger partial charge < -0.3 is 10.5 Å². The van der Waals surface area contributed by atoms with Crippen molar-refractivity contribution in [3.8, 4) is 0 Å². The van der Waals surface area contributed by atoms with Crippen LogP contribution in [0.2, 0.25) is 0 Å². The Bertz CT molecular complexity index is 353. The number of pyridine rings is 1. The molecule has 76 valence electrons. The van der Waals surface area contributed by atoms with E-state index in [-0.39, 0.29) is 6.10 Å². The van der Waals surface area contributed by atoms with Crippen LogP contribution in [0.4, 0.5) is 10.1 Å². The van der Waals surface area contributed by atoms with Crippen molar-refractivity contribution in [2.45, 2.75) is 18.9 Å². The average molecular weight is 261 g/mol. The van der Waals surface area contributed by atoms with Crippen LogP contribution in [-0.4, -0.2) is 11.6 Å². The van der Waals surface area contributed by atoms with E-state index < -0.39 is 5.95 Å². The first-order valence-electron chi connectivity index (χ1n) is 4.41. The third-order valence-corrected chi connectivity index (χ3v) is 2.89. The Morgan fingerprint density at radius 2 is 2.43 bits per heavy atom. The van der Waals surface area contributed by atoms with Crippen LogP contribution in [0.5, 0.6) is 0 Å². The number of halogens is 2. The fourth-order valence-corrected chi connectivity index (χ4v) is 2.00. The molecule has 0 spiro atoms. The molecule has 5 heteroatoms. The molecule has 0 saturated carbocycles. The summed E-state index contributed by atoms with van der Waals surface area (Å²) >= 11 is 3.11. The summed E-state index contributed by atoms with van der Waals surface area (Å²) in [6.07, 6.45) is 1.80. The van der Waals surface area contributed by atoms with E-state index in [2.05, 4.69) is 20.9 Å². The first-order chi connectivity index (χ1) is 6.68. The molecular weight excluding hydrogens is 251 g/mol. The first-order valence-corrected chi connectivity index (χ1v) is 5.21. The van der Waals surface area contributed by atoms with Gasteiger partial charge in [0.15, 0.2) is 0 Å². The van der Waals surface area contributed by atoms with Crippen LogP contribution in [0.3, 0.4) is 0 Å². The summed E-state index contributed by atoms with van der Waals surface area (Å²) in [6, 6.07) is 1.34. The van der Waals surface area contributed by atoms with Crippen LogP contribution in [0, 0.1) is 5.95 Å². The topological polar surface area (TPSA) is 48.1 Å². The summed E-state index contributed by atoms with van der Waals surface area (Å²) < 4.78 is 18.8. The van der Waals surface area contributed by atoms with Gasteiger partial charge in [0, 0.05) is 18.2 Å². The predicted octanol–water partition coefficient (Wildman–Crippen LogP) is 2.42. The molecule has 1 aliphatic rings. The molecule has 0 aromatic carbocycles. The molecule has 0 amide bonds. The minimum atomic E-state index is -0.531. The number of ether oxygens (including phenoxy) is 1. The molecule has 1 aliphatic heterocycles. The van der Waals surface area contributed by atoms with Crippen LogP contribution in [-0.2, 0) is 4.74 Å². The largest absolute Gasteiger partial charge is 0.396 e. The number of hydrogen-bond donors (Lipinski definition) is 1. The van der Waals surface area contributed by atoms with Crippen molar-refractivity contribution in [2.24, 2.45) is 0 Å². The minimum Gasteiger partial charge on any atom is -0.396 e. The maximum atomic E-state index is 13.0. The van der Waals surface area contributed by atoms with E-state index in [0.29, 0.717) is 22.5 Å². The van der Waals surface area contributed by atoms with Crippen molar-refractivity contribution in [2.75, 3.05) is 12.3 Å². The van der Waals surface area contributed by atoms with Crippen molar-refractivity contribution < 1.29 is 9.13 Å². The molecular formula is C9H10BrFN2O. The third kappa shape index (κ3) is 1.74. The molecule has 1 saturated heterocycles. The van der Waals surface area contributed by atoms with Gasteiger partial charge in [0.1, 0.15) is 4.60 Å². The molecule has 1 atom stereocenters. The van der Waals surface area contributed by atoms with E-state index >= 15 is 0 Å². The smallest absolute Gasteiger partial charge is 0.214 e. The van der Waals surface area contributed by atoms with Gasteiger partial charge in [-0.05, 0) is 28.8 Å². The zero-order valence-corrected chi connectivity index (χ0v) is 9.05. The van der Waals surface area contributed by atoms with Crippen molar-refractivity contribution in [1.82, 2.24) is 4.98 Å². The highest BCUT2D eigenvalue weighted by atomic mass is 79.9. The van der Waals surface area contributed by atoms with Crippen LogP contribution >= 0.6 is 15.9 Å². The summed E-state index contributed by atoms with van der Waals surface area (Å²) in [5.74, 6) is -0.531. The van der Waals surface area contributed by atoms with Crippen LogP contribution < -0.4 is 5.73 Å². The van der Waals surface area contributed by atoms with E-state index in [1.54, 1.807) is 0 Å². The van der Waals surface area contributed by atoms with E-state index in [1.807, 2.05) is 0 Å². The lowest BCUT2D eigenvalue weighted by atomic mass is 10.1. The standard InChI is InChI=1S/C9H10BrFN2O/c10-9-8(12)5(4-7(11)13-9)6-2-1-3-14-6/h4,6H,1-3,12H2/t6-/m1/s1. The highest BCUT2D eigenvalue weighted by Crippen LogP contribution is 2.34. The minimum absolute atomic E-state index is 0.0798. The normalized spacial score (nSPS) is 21.4. The Labute approximate surface area is 89.6 Å². The fourth-order valence-electron chi connectivity index (χ4n) is 1.60. The Morgan fingerprint density at radius 1 is 1.64 bits per heavy atom. The summed E-state index contributed by atoms with van der Waals surface area (Å²) in [7, 11) is 0. The summed E-state index contributed by atoms with van der Waals surface area (Å²) in [6.45, 7) is 0.714. The number of aromatic nitrogens is 1. The van der Waals surface area contributed by atoms with Gasteiger partial charge in [-0.1, -0.05) is 0 Å². The van der Waals surface area contributed by atoms with E-state index in [4.69, 9.17) is 10.5 Å². The lowest BCUT2D eigenvalue weighted by molar-refractivity contribution is 0.112. The van der Waals surface area contributed by atoms with Gasteiger partial charge >= 0.3 is 0 Å². The monoisotopic (exact) mass is 260 g/mol. The molecule has 0 bridgehead atoms. The Kier molecular flexibility index (Phi) is 2.69. The number of anilines is 1. The van der Waals surface area contributed by atoms with Crippen molar-refractivity contribution in [3.05, 3.63) is 22.2 Å². The molecule has 14 heavy (non-hydrogen) atoms. The fraction of sp³-hybridized carbons (Fsp3) is 0.444.